The summed E-state index contributed by atoms with van der Waals surface area (Å²) in [5, 5.41) is 2.27. The molecule has 2 aliphatic rings. The second kappa shape index (κ2) is 9.82. The van der Waals surface area contributed by atoms with Gasteiger partial charge in [0.25, 0.3) is 5.91 Å². The maximum Gasteiger partial charge on any atom is 0.363 e. The van der Waals surface area contributed by atoms with Gasteiger partial charge in [0.05, 0.1) is 0 Å². The molecular formula is C19H23N5O10S2. The molecule has 0 unspecified atom stereocenters. The average Bonchev–Trinajstić information content (AvgIpc) is 2.79. The number of imide groups is 1. The molecule has 17 heteroatoms. The zero-order valence-corrected chi connectivity index (χ0v) is 20.7. The second-order valence-electron chi connectivity index (χ2n) is 7.95. The van der Waals surface area contributed by atoms with Gasteiger partial charge in [-0.15, -0.1) is 0 Å². The van der Waals surface area contributed by atoms with Crippen LogP contribution in [-0.2, 0) is 39.3 Å². The first-order valence-electron chi connectivity index (χ1n) is 10.4. The Morgan fingerprint density at radius 3 is 2.19 bits per heavy atom. The Morgan fingerprint density at radius 1 is 1.06 bits per heavy atom. The SMILES string of the molecule is CCN1CCN(C(=O)N[C@@H](C(=O)N[C@@H]2C(=O)N(S(=O)(=O)O)[C@@H]2S(C)(=O)=O)c2ccccc2)C(=O)C1=O. The van der Waals surface area contributed by atoms with Crippen molar-refractivity contribution in [1.29, 1.82) is 0 Å². The van der Waals surface area contributed by atoms with Crippen LogP contribution in [-0.4, -0.2) is 102 Å². The third-order valence-corrected chi connectivity index (χ3v) is 7.98. The largest absolute Gasteiger partial charge is 0.363 e. The number of amides is 6. The van der Waals surface area contributed by atoms with Crippen molar-refractivity contribution in [2.45, 2.75) is 24.4 Å². The molecule has 3 rings (SSSR count). The van der Waals surface area contributed by atoms with Crippen LogP contribution in [0.15, 0.2) is 30.3 Å². The minimum Gasteiger partial charge on any atom is -0.339 e. The summed E-state index contributed by atoms with van der Waals surface area (Å²) >= 11 is 0. The number of piperazine rings is 1. The summed E-state index contributed by atoms with van der Waals surface area (Å²) in [6, 6.07) is 2.95. The van der Waals surface area contributed by atoms with Crippen molar-refractivity contribution in [3.63, 3.8) is 0 Å². The van der Waals surface area contributed by atoms with Crippen LogP contribution in [0.25, 0.3) is 0 Å². The van der Waals surface area contributed by atoms with Gasteiger partial charge in [0.15, 0.2) is 15.2 Å². The molecule has 15 nitrogen and oxygen atoms in total. The topological polar surface area (TPSA) is 208 Å². The first-order valence-corrected chi connectivity index (χ1v) is 13.8. The fourth-order valence-electron chi connectivity index (χ4n) is 3.79. The highest BCUT2D eigenvalue weighted by Gasteiger charge is 2.59. The molecule has 0 spiro atoms. The van der Waals surface area contributed by atoms with E-state index >= 15 is 0 Å². The number of rotatable bonds is 7. The van der Waals surface area contributed by atoms with Crippen molar-refractivity contribution >= 4 is 49.8 Å². The molecule has 1 aromatic carbocycles. The number of hydrogen-bond acceptors (Lipinski definition) is 9. The highest BCUT2D eigenvalue weighted by atomic mass is 32.2. The number of nitrogens with zero attached hydrogens (tertiary/aromatic N) is 3. The van der Waals surface area contributed by atoms with Crippen LogP contribution >= 0.6 is 0 Å². The third kappa shape index (κ3) is 5.17. The maximum absolute atomic E-state index is 13.1. The van der Waals surface area contributed by atoms with Gasteiger partial charge in [-0.3, -0.25) is 28.6 Å². The lowest BCUT2D eigenvalue weighted by molar-refractivity contribution is -0.153. The van der Waals surface area contributed by atoms with Gasteiger partial charge in [-0.1, -0.05) is 30.3 Å². The van der Waals surface area contributed by atoms with Crippen molar-refractivity contribution < 1.29 is 45.4 Å². The molecule has 2 fully saturated rings. The molecular weight excluding hydrogens is 522 g/mol. The Bertz CT molecular complexity index is 1320. The first kappa shape index (κ1) is 27.0. The Morgan fingerprint density at radius 2 is 1.67 bits per heavy atom. The summed E-state index contributed by atoms with van der Waals surface area (Å²) in [6.45, 7) is 1.85. The van der Waals surface area contributed by atoms with Gasteiger partial charge in [0.1, 0.15) is 12.1 Å². The van der Waals surface area contributed by atoms with E-state index in [-0.39, 0.29) is 29.5 Å². The molecule has 6 amide bonds. The number of hydrogen-bond donors (Lipinski definition) is 3. The fourth-order valence-corrected chi connectivity index (χ4v) is 6.44. The number of carbonyl (C=O) groups is 5. The summed E-state index contributed by atoms with van der Waals surface area (Å²) in [4.78, 5) is 64.6. The number of sulfone groups is 1. The van der Waals surface area contributed by atoms with Crippen molar-refractivity contribution in [2.24, 2.45) is 0 Å². The number of nitrogens with one attached hydrogen (secondary N) is 2. The summed E-state index contributed by atoms with van der Waals surface area (Å²) in [6.07, 6.45) is 0.608. The normalized spacial score (nSPS) is 21.6. The summed E-state index contributed by atoms with van der Waals surface area (Å²) < 4.78 is 56.0. The van der Waals surface area contributed by atoms with Crippen LogP contribution in [0, 0.1) is 0 Å². The predicted molar refractivity (Wildman–Crippen MR) is 121 cm³/mol. The zero-order valence-electron chi connectivity index (χ0n) is 19.0. The minimum atomic E-state index is -5.24. The second-order valence-corrected chi connectivity index (χ2v) is 11.4. The standard InChI is InChI=1S/C19H23N5O10S2/c1-3-22-9-10-23(17(28)16(22)27)19(29)21-12(11-7-5-4-6-8-11)14(25)20-13-15(26)24(36(32,33)34)18(13)35(2,30)31/h4-8,12-13,18H,3,9-10H2,1-2H3,(H,20,25)(H,21,29)(H,32,33,34)/t12-,13-,18-/m1/s1. The molecule has 0 saturated carbocycles. The Hall–Kier alpha value is -3.57. The van der Waals surface area contributed by atoms with Gasteiger partial charge < -0.3 is 15.5 Å². The lowest BCUT2D eigenvalue weighted by Crippen LogP contribution is -2.74. The van der Waals surface area contributed by atoms with E-state index in [1.807, 2.05) is 0 Å². The number of likely N-dealkylation sites (N-methyl/N-ethyl adjacent to an activating group) is 1. The number of carbonyl (C=O) groups excluding carboxylic acids is 5. The Labute approximate surface area is 206 Å². The molecule has 2 heterocycles. The molecule has 2 saturated heterocycles. The third-order valence-electron chi connectivity index (χ3n) is 5.58. The van der Waals surface area contributed by atoms with E-state index in [4.69, 9.17) is 0 Å². The zero-order chi connectivity index (χ0) is 27.0. The van der Waals surface area contributed by atoms with E-state index in [1.165, 1.54) is 29.2 Å². The van der Waals surface area contributed by atoms with Crippen LogP contribution in [0.2, 0.25) is 0 Å². The molecule has 0 aliphatic carbocycles. The molecule has 2 aliphatic heterocycles. The Kier molecular flexibility index (Phi) is 7.37. The van der Waals surface area contributed by atoms with E-state index in [0.29, 0.717) is 11.2 Å². The van der Waals surface area contributed by atoms with Gasteiger partial charge in [-0.05, 0) is 12.5 Å². The summed E-state index contributed by atoms with van der Waals surface area (Å²) in [5.74, 6) is -4.53. The van der Waals surface area contributed by atoms with E-state index in [9.17, 15) is 45.4 Å². The van der Waals surface area contributed by atoms with E-state index in [2.05, 4.69) is 10.6 Å². The van der Waals surface area contributed by atoms with Crippen LogP contribution in [0.5, 0.6) is 0 Å². The van der Waals surface area contributed by atoms with E-state index in [1.54, 1.807) is 13.0 Å². The van der Waals surface area contributed by atoms with Gasteiger partial charge in [0, 0.05) is 25.9 Å². The molecule has 0 aromatic heterocycles. The van der Waals surface area contributed by atoms with Crippen LogP contribution in [0.3, 0.4) is 0 Å². The molecule has 36 heavy (non-hydrogen) atoms. The molecule has 3 N–H and O–H groups in total. The van der Waals surface area contributed by atoms with Gasteiger partial charge >= 0.3 is 28.1 Å². The maximum atomic E-state index is 13.1. The molecule has 1 aromatic rings. The Balaban J connectivity index is 1.85. The molecule has 196 valence electrons. The number of β-lactam (4-membered cyclic amide) rings is 1. The van der Waals surface area contributed by atoms with Crippen LogP contribution < -0.4 is 10.6 Å². The van der Waals surface area contributed by atoms with Crippen molar-refractivity contribution in [2.75, 3.05) is 25.9 Å². The molecule has 3 atom stereocenters. The predicted octanol–water partition coefficient (Wildman–Crippen LogP) is -2.37. The smallest absolute Gasteiger partial charge is 0.339 e. The monoisotopic (exact) mass is 545 g/mol. The van der Waals surface area contributed by atoms with Gasteiger partial charge in [0.2, 0.25) is 5.91 Å². The number of benzene rings is 1. The fraction of sp³-hybridized carbons (Fsp3) is 0.421. The molecule has 0 radical (unpaired) electrons. The van der Waals surface area contributed by atoms with E-state index in [0.717, 1.165) is 0 Å². The quantitative estimate of drug-likeness (QED) is 0.188. The lowest BCUT2D eigenvalue weighted by Gasteiger charge is -2.43. The average molecular weight is 546 g/mol. The molecule has 0 bridgehead atoms. The van der Waals surface area contributed by atoms with Crippen molar-refractivity contribution in [3.8, 4) is 0 Å². The van der Waals surface area contributed by atoms with Crippen LogP contribution in [0.4, 0.5) is 4.79 Å². The highest BCUT2D eigenvalue weighted by Crippen LogP contribution is 2.28. The minimum absolute atomic E-state index is 0.0782. The lowest BCUT2D eigenvalue weighted by atomic mass is 10.0. The van der Waals surface area contributed by atoms with E-state index < -0.39 is 67.3 Å². The first-order chi connectivity index (χ1) is 16.7. The van der Waals surface area contributed by atoms with Crippen molar-refractivity contribution in [3.05, 3.63) is 35.9 Å². The van der Waals surface area contributed by atoms with Gasteiger partial charge in [-0.2, -0.15) is 12.7 Å². The summed E-state index contributed by atoms with van der Waals surface area (Å²) in [5.41, 5.74) is 0.170. The summed E-state index contributed by atoms with van der Waals surface area (Å²) in [7, 11) is -9.55. The highest BCUT2D eigenvalue weighted by molar-refractivity contribution is 7.93. The number of urea groups is 1. The van der Waals surface area contributed by atoms with Gasteiger partial charge in [-0.25, -0.2) is 13.2 Å². The van der Waals surface area contributed by atoms with Crippen molar-refractivity contribution in [1.82, 2.24) is 24.7 Å². The van der Waals surface area contributed by atoms with Crippen LogP contribution in [0.1, 0.15) is 18.5 Å².